The summed E-state index contributed by atoms with van der Waals surface area (Å²) in [4.78, 5) is 16.8. The van der Waals surface area contributed by atoms with Gasteiger partial charge in [0.15, 0.2) is 5.16 Å². The fourth-order valence-corrected chi connectivity index (χ4v) is 3.97. The highest BCUT2D eigenvalue weighted by Gasteiger charge is 2.18. The molecule has 10 heteroatoms. The number of halogens is 1. The number of benzene rings is 2. The Kier molecular flexibility index (Phi) is 6.09. The number of carbonyl (C=O) groups excluding carboxylic acids is 1. The van der Waals surface area contributed by atoms with Crippen molar-refractivity contribution in [2.75, 3.05) is 5.32 Å². The number of rotatable bonds is 6. The highest BCUT2D eigenvalue weighted by Crippen LogP contribution is 2.26. The topological polar surface area (TPSA) is 107 Å². The number of hydrogen-bond donors (Lipinski definition) is 2. The lowest BCUT2D eigenvalue weighted by Gasteiger charge is -2.13. The van der Waals surface area contributed by atoms with E-state index in [0.29, 0.717) is 15.9 Å². The molecule has 0 saturated heterocycles. The van der Waals surface area contributed by atoms with Crippen molar-refractivity contribution in [1.29, 1.82) is 0 Å². The normalized spacial score (nSPS) is 12.5. The third-order valence-corrected chi connectivity index (χ3v) is 6.04. The fourth-order valence-electron chi connectivity index (χ4n) is 2.38. The highest BCUT2D eigenvalue weighted by molar-refractivity contribution is 8.00. The number of nitrogens with one attached hydrogen (secondary N) is 1. The van der Waals surface area contributed by atoms with Gasteiger partial charge in [0, 0.05) is 28.8 Å². The lowest BCUT2D eigenvalue weighted by atomic mass is 10.3. The van der Waals surface area contributed by atoms with Gasteiger partial charge in [-0.25, -0.2) is 18.5 Å². The molecule has 0 aliphatic heterocycles. The first-order chi connectivity index (χ1) is 13.2. The molecule has 28 heavy (non-hydrogen) atoms. The second kappa shape index (κ2) is 8.36. The molecular formula is C18H17ClN4O3S2. The van der Waals surface area contributed by atoms with Crippen molar-refractivity contribution in [1.82, 2.24) is 9.55 Å². The molecule has 0 aliphatic rings. The van der Waals surface area contributed by atoms with Gasteiger partial charge in [-0.1, -0.05) is 29.4 Å². The number of thioether (sulfide) groups is 1. The monoisotopic (exact) mass is 436 g/mol. The fraction of sp³-hybridized carbons (Fsp3) is 0.111. The Morgan fingerprint density at radius 3 is 2.61 bits per heavy atom. The van der Waals surface area contributed by atoms with E-state index in [2.05, 4.69) is 10.3 Å². The maximum absolute atomic E-state index is 12.5. The first kappa shape index (κ1) is 20.4. The summed E-state index contributed by atoms with van der Waals surface area (Å²) in [7, 11) is -3.77. The van der Waals surface area contributed by atoms with Crippen molar-refractivity contribution in [3.05, 3.63) is 65.9 Å². The van der Waals surface area contributed by atoms with Crippen LogP contribution in [0.4, 0.5) is 5.69 Å². The summed E-state index contributed by atoms with van der Waals surface area (Å²) < 4.78 is 24.4. The van der Waals surface area contributed by atoms with E-state index in [1.807, 2.05) is 22.8 Å². The van der Waals surface area contributed by atoms with E-state index in [4.69, 9.17) is 16.7 Å². The van der Waals surface area contributed by atoms with Crippen LogP contribution in [0.25, 0.3) is 5.69 Å². The lowest BCUT2D eigenvalue weighted by molar-refractivity contribution is -0.115. The van der Waals surface area contributed by atoms with Crippen LogP contribution < -0.4 is 10.5 Å². The summed E-state index contributed by atoms with van der Waals surface area (Å²) in [6.45, 7) is 1.76. The molecule has 3 N–H and O–H groups in total. The third kappa shape index (κ3) is 4.93. The Morgan fingerprint density at radius 2 is 1.96 bits per heavy atom. The zero-order valence-electron chi connectivity index (χ0n) is 14.7. The molecule has 1 unspecified atom stereocenters. The molecule has 3 rings (SSSR count). The number of primary sulfonamides is 1. The highest BCUT2D eigenvalue weighted by atomic mass is 35.5. The van der Waals surface area contributed by atoms with E-state index in [1.54, 1.807) is 25.4 Å². The number of nitrogens with zero attached hydrogens (tertiary/aromatic N) is 2. The Balaban J connectivity index is 1.69. The molecule has 2 aromatic carbocycles. The summed E-state index contributed by atoms with van der Waals surface area (Å²) in [6.07, 6.45) is 3.45. The molecule has 0 aliphatic carbocycles. The summed E-state index contributed by atoms with van der Waals surface area (Å²) in [5.74, 6) is -0.242. The number of anilines is 1. The van der Waals surface area contributed by atoms with E-state index >= 15 is 0 Å². The maximum atomic E-state index is 12.5. The number of carbonyl (C=O) groups is 1. The third-order valence-electron chi connectivity index (χ3n) is 3.79. The van der Waals surface area contributed by atoms with Gasteiger partial charge in [-0.2, -0.15) is 0 Å². The van der Waals surface area contributed by atoms with Crippen LogP contribution in [0, 0.1) is 0 Å². The quantitative estimate of drug-likeness (QED) is 0.576. The maximum Gasteiger partial charge on any atom is 0.238 e. The van der Waals surface area contributed by atoms with Crippen LogP contribution in [-0.4, -0.2) is 29.1 Å². The van der Waals surface area contributed by atoms with Crippen molar-refractivity contribution in [2.45, 2.75) is 22.2 Å². The van der Waals surface area contributed by atoms with Crippen LogP contribution in [0.2, 0.25) is 5.02 Å². The molecule has 0 bridgehead atoms. The van der Waals surface area contributed by atoms with Gasteiger partial charge >= 0.3 is 0 Å². The molecule has 7 nitrogen and oxygen atoms in total. The number of imidazole rings is 1. The van der Waals surface area contributed by atoms with Crippen LogP contribution in [0.1, 0.15) is 6.92 Å². The molecular weight excluding hydrogens is 420 g/mol. The molecule has 0 radical (unpaired) electrons. The zero-order chi connectivity index (χ0) is 20.3. The van der Waals surface area contributed by atoms with Gasteiger partial charge in [0.2, 0.25) is 15.9 Å². The van der Waals surface area contributed by atoms with E-state index in [1.165, 1.54) is 36.0 Å². The predicted octanol–water partition coefficient (Wildman–Crippen LogP) is 3.29. The second-order valence-electron chi connectivity index (χ2n) is 5.88. The van der Waals surface area contributed by atoms with Crippen LogP contribution in [-0.2, 0) is 14.8 Å². The number of amides is 1. The number of aromatic nitrogens is 2. The van der Waals surface area contributed by atoms with Crippen molar-refractivity contribution in [3.63, 3.8) is 0 Å². The van der Waals surface area contributed by atoms with E-state index in [9.17, 15) is 13.2 Å². The van der Waals surface area contributed by atoms with Gasteiger partial charge < -0.3 is 5.32 Å². The van der Waals surface area contributed by atoms with E-state index in [0.717, 1.165) is 5.69 Å². The van der Waals surface area contributed by atoms with Crippen LogP contribution in [0.3, 0.4) is 0 Å². The average Bonchev–Trinajstić information content (AvgIpc) is 3.09. The van der Waals surface area contributed by atoms with Crippen molar-refractivity contribution in [2.24, 2.45) is 5.14 Å². The Labute approximate surface area is 172 Å². The summed E-state index contributed by atoms with van der Waals surface area (Å²) >= 11 is 7.34. The van der Waals surface area contributed by atoms with Crippen molar-refractivity contribution in [3.8, 4) is 5.69 Å². The Hall–Kier alpha value is -2.33. The summed E-state index contributed by atoms with van der Waals surface area (Å²) in [6, 6.07) is 13.0. The molecule has 1 aromatic heterocycles. The van der Waals surface area contributed by atoms with E-state index < -0.39 is 15.3 Å². The molecule has 0 fully saturated rings. The molecule has 1 heterocycles. The molecule has 146 valence electrons. The van der Waals surface area contributed by atoms with Crippen LogP contribution >= 0.6 is 23.4 Å². The Morgan fingerprint density at radius 1 is 1.25 bits per heavy atom. The second-order valence-corrected chi connectivity index (χ2v) is 9.18. The van der Waals surface area contributed by atoms with Gasteiger partial charge in [-0.05, 0) is 49.4 Å². The predicted molar refractivity (Wildman–Crippen MR) is 110 cm³/mol. The minimum atomic E-state index is -3.77. The van der Waals surface area contributed by atoms with Gasteiger partial charge in [0.1, 0.15) is 0 Å². The number of hydrogen-bond acceptors (Lipinski definition) is 5. The standard InChI is InChI=1S/C18H17ClN4O3S2/c1-12(17(24)22-14-5-7-16(8-6-14)28(20,25)26)27-18-21-9-10-23(18)15-4-2-3-13(19)11-15/h2-12H,1H3,(H,22,24)(H2,20,25,26). The molecule has 1 amide bonds. The smallest absolute Gasteiger partial charge is 0.238 e. The van der Waals surface area contributed by atoms with E-state index in [-0.39, 0.29) is 10.8 Å². The minimum Gasteiger partial charge on any atom is -0.325 e. The van der Waals surface area contributed by atoms with Gasteiger partial charge in [-0.3, -0.25) is 9.36 Å². The molecule has 0 spiro atoms. The SMILES string of the molecule is CC(Sc1nccn1-c1cccc(Cl)c1)C(=O)Nc1ccc(S(N)(=O)=O)cc1. The van der Waals surface area contributed by atoms with Gasteiger partial charge in [-0.15, -0.1) is 0 Å². The zero-order valence-corrected chi connectivity index (χ0v) is 17.1. The summed E-state index contributed by atoms with van der Waals surface area (Å²) in [5, 5.41) is 8.62. The van der Waals surface area contributed by atoms with Crippen LogP contribution in [0.5, 0.6) is 0 Å². The lowest BCUT2D eigenvalue weighted by Crippen LogP contribution is -2.23. The molecule has 3 aromatic rings. The first-order valence-electron chi connectivity index (χ1n) is 8.14. The Bertz CT molecular complexity index is 1100. The molecule has 1 atom stereocenters. The largest absolute Gasteiger partial charge is 0.325 e. The first-order valence-corrected chi connectivity index (χ1v) is 10.9. The molecule has 0 saturated carbocycles. The van der Waals surface area contributed by atoms with Gasteiger partial charge in [0.25, 0.3) is 0 Å². The van der Waals surface area contributed by atoms with Crippen molar-refractivity contribution >= 4 is 45.0 Å². The average molecular weight is 437 g/mol. The minimum absolute atomic E-state index is 0.0172. The van der Waals surface area contributed by atoms with Crippen LogP contribution in [0.15, 0.2) is 71.0 Å². The van der Waals surface area contributed by atoms with Gasteiger partial charge in [0.05, 0.1) is 10.1 Å². The number of sulfonamides is 1. The number of nitrogens with two attached hydrogens (primary N) is 1. The van der Waals surface area contributed by atoms with Crippen molar-refractivity contribution < 1.29 is 13.2 Å². The summed E-state index contributed by atoms with van der Waals surface area (Å²) in [5.41, 5.74) is 1.32.